The number of aliphatic hydroxyl groups excluding tert-OH is 2. The monoisotopic (exact) mass is 357 g/mol. The number of rotatable bonds is 5. The minimum absolute atomic E-state index is 0.0552. The topological polar surface area (TPSA) is 129 Å². The maximum absolute atomic E-state index is 9.95. The highest BCUT2D eigenvalue weighted by molar-refractivity contribution is 5.77. The van der Waals surface area contributed by atoms with E-state index in [0.29, 0.717) is 24.2 Å². The summed E-state index contributed by atoms with van der Waals surface area (Å²) in [7, 11) is 0. The number of nitrogens with two attached hydrogens (primary N) is 1. The largest absolute Gasteiger partial charge is 0.471 e. The van der Waals surface area contributed by atoms with Gasteiger partial charge in [0.25, 0.3) is 0 Å². The minimum atomic E-state index is -0.754. The Morgan fingerprint density at radius 2 is 2.08 bits per heavy atom. The average Bonchev–Trinajstić information content (AvgIpc) is 3.23. The lowest BCUT2D eigenvalue weighted by molar-refractivity contribution is -0.0432. The summed E-state index contributed by atoms with van der Waals surface area (Å²) in [6.07, 6.45) is -0.0177. The molecule has 3 atom stereocenters. The van der Waals surface area contributed by atoms with Crippen molar-refractivity contribution in [3.05, 3.63) is 42.2 Å². The first-order valence-corrected chi connectivity index (χ1v) is 8.27. The molecule has 136 valence electrons. The molecule has 0 spiro atoms. The molecular weight excluding hydrogens is 338 g/mol. The lowest BCUT2D eigenvalue weighted by Gasteiger charge is -2.14. The van der Waals surface area contributed by atoms with Crippen LogP contribution in [-0.4, -0.2) is 48.5 Å². The molecule has 0 aliphatic carbocycles. The number of aromatic nitrogens is 4. The van der Waals surface area contributed by atoms with Crippen molar-refractivity contribution < 1.29 is 19.7 Å². The molecule has 3 aromatic rings. The smallest absolute Gasteiger partial charge is 0.247 e. The molecule has 3 heterocycles. The van der Waals surface area contributed by atoms with Crippen LogP contribution in [0.2, 0.25) is 0 Å². The van der Waals surface area contributed by atoms with Gasteiger partial charge in [0.15, 0.2) is 11.2 Å². The van der Waals surface area contributed by atoms with Gasteiger partial charge in [-0.05, 0) is 5.56 Å². The summed E-state index contributed by atoms with van der Waals surface area (Å²) in [4.78, 5) is 12.7. The Bertz CT molecular complexity index is 901. The standard InChI is InChI=1S/C17H19N5O4/c18-17-20-15-14(16(21-17)25-8-10-4-2-1-3-5-10)19-9-22(15)13-6-11(24)12(7-23)26-13/h1-5,9,11-13,23-24H,6-8H2,(H2,18,20,21)/t11-,12-,13-/m1/s1. The van der Waals surface area contributed by atoms with Crippen molar-refractivity contribution in [2.75, 3.05) is 12.3 Å². The zero-order chi connectivity index (χ0) is 18.1. The predicted octanol–water partition coefficient (Wildman–Crippen LogP) is 0.628. The normalized spacial score (nSPS) is 22.8. The third kappa shape index (κ3) is 3.07. The number of hydrogen-bond acceptors (Lipinski definition) is 8. The molecule has 4 rings (SSSR count). The summed E-state index contributed by atoms with van der Waals surface area (Å²) in [6.45, 7) is 0.0668. The molecule has 0 radical (unpaired) electrons. The number of benzene rings is 1. The molecule has 1 saturated heterocycles. The van der Waals surface area contributed by atoms with E-state index in [-0.39, 0.29) is 18.4 Å². The summed E-state index contributed by atoms with van der Waals surface area (Å²) in [5.74, 6) is 0.340. The minimum Gasteiger partial charge on any atom is -0.471 e. The first-order valence-electron chi connectivity index (χ1n) is 8.27. The molecule has 0 amide bonds. The Morgan fingerprint density at radius 1 is 1.27 bits per heavy atom. The first kappa shape index (κ1) is 16.7. The Kier molecular flexibility index (Phi) is 4.41. The molecule has 9 heteroatoms. The summed E-state index contributed by atoms with van der Waals surface area (Å²) in [6, 6.07) is 9.68. The van der Waals surface area contributed by atoms with Crippen molar-refractivity contribution in [3.63, 3.8) is 0 Å². The van der Waals surface area contributed by atoms with Crippen LogP contribution in [0, 0.1) is 0 Å². The first-order chi connectivity index (χ1) is 12.7. The molecule has 1 aliphatic heterocycles. The Labute approximate surface area is 149 Å². The van der Waals surface area contributed by atoms with Gasteiger partial charge in [0.2, 0.25) is 11.8 Å². The molecule has 0 bridgehead atoms. The summed E-state index contributed by atoms with van der Waals surface area (Å²) < 4.78 is 13.1. The third-order valence-corrected chi connectivity index (χ3v) is 4.32. The molecule has 9 nitrogen and oxygen atoms in total. The molecule has 1 aliphatic rings. The van der Waals surface area contributed by atoms with Gasteiger partial charge in [0.05, 0.1) is 19.0 Å². The summed E-state index contributed by atoms with van der Waals surface area (Å²) in [5.41, 5.74) is 7.73. The lowest BCUT2D eigenvalue weighted by Crippen LogP contribution is -2.24. The average molecular weight is 357 g/mol. The number of aliphatic hydroxyl groups is 2. The van der Waals surface area contributed by atoms with Crippen molar-refractivity contribution in [1.82, 2.24) is 19.5 Å². The number of nitrogen functional groups attached to an aromatic ring is 1. The molecular formula is C17H19N5O4. The van der Waals surface area contributed by atoms with Crippen molar-refractivity contribution in [3.8, 4) is 5.88 Å². The molecule has 1 fully saturated rings. The van der Waals surface area contributed by atoms with Crippen LogP contribution >= 0.6 is 0 Å². The fraction of sp³-hybridized carbons (Fsp3) is 0.353. The van der Waals surface area contributed by atoms with E-state index in [1.54, 1.807) is 10.9 Å². The lowest BCUT2D eigenvalue weighted by atomic mass is 10.2. The van der Waals surface area contributed by atoms with Crippen LogP contribution in [0.1, 0.15) is 18.2 Å². The van der Waals surface area contributed by atoms with Crippen molar-refractivity contribution >= 4 is 17.1 Å². The van der Waals surface area contributed by atoms with Gasteiger partial charge in [0.1, 0.15) is 18.9 Å². The molecule has 26 heavy (non-hydrogen) atoms. The van der Waals surface area contributed by atoms with Gasteiger partial charge < -0.3 is 25.4 Å². The van der Waals surface area contributed by atoms with E-state index >= 15 is 0 Å². The number of imidazole rings is 1. The highest BCUT2D eigenvalue weighted by Crippen LogP contribution is 2.32. The van der Waals surface area contributed by atoms with Gasteiger partial charge in [-0.25, -0.2) is 4.98 Å². The highest BCUT2D eigenvalue weighted by atomic mass is 16.5. The molecule has 1 aromatic carbocycles. The fourth-order valence-corrected chi connectivity index (χ4v) is 2.99. The summed E-state index contributed by atoms with van der Waals surface area (Å²) in [5, 5.41) is 19.2. The van der Waals surface area contributed by atoms with E-state index in [9.17, 15) is 10.2 Å². The second kappa shape index (κ2) is 6.87. The van der Waals surface area contributed by atoms with E-state index in [0.717, 1.165) is 5.56 Å². The Morgan fingerprint density at radius 3 is 2.81 bits per heavy atom. The molecule has 4 N–H and O–H groups in total. The molecule has 0 saturated carbocycles. The van der Waals surface area contributed by atoms with Gasteiger partial charge >= 0.3 is 0 Å². The quantitative estimate of drug-likeness (QED) is 0.606. The Hall–Kier alpha value is -2.75. The van der Waals surface area contributed by atoms with Crippen molar-refractivity contribution in [1.29, 1.82) is 0 Å². The van der Waals surface area contributed by atoms with Crippen LogP contribution in [0.15, 0.2) is 36.7 Å². The van der Waals surface area contributed by atoms with Crippen LogP contribution < -0.4 is 10.5 Å². The number of nitrogens with zero attached hydrogens (tertiary/aromatic N) is 4. The van der Waals surface area contributed by atoms with Crippen LogP contribution in [0.25, 0.3) is 11.2 Å². The number of anilines is 1. The zero-order valence-electron chi connectivity index (χ0n) is 13.9. The SMILES string of the molecule is Nc1nc(OCc2ccccc2)c2ncn([C@H]3C[C@@H](O)[C@@H](CO)O3)c2n1. The van der Waals surface area contributed by atoms with Crippen molar-refractivity contribution in [2.45, 2.75) is 31.5 Å². The number of ether oxygens (including phenoxy) is 2. The summed E-state index contributed by atoms with van der Waals surface area (Å²) >= 11 is 0. The number of hydrogen-bond donors (Lipinski definition) is 3. The van der Waals surface area contributed by atoms with E-state index < -0.39 is 18.4 Å². The fourth-order valence-electron chi connectivity index (χ4n) is 2.99. The van der Waals surface area contributed by atoms with E-state index in [4.69, 9.17) is 15.2 Å². The molecule has 2 aromatic heterocycles. The predicted molar refractivity (Wildman–Crippen MR) is 92.1 cm³/mol. The van der Waals surface area contributed by atoms with Gasteiger partial charge in [-0.2, -0.15) is 9.97 Å². The van der Waals surface area contributed by atoms with E-state index in [1.807, 2.05) is 30.3 Å². The van der Waals surface area contributed by atoms with Gasteiger partial charge in [-0.3, -0.25) is 4.57 Å². The van der Waals surface area contributed by atoms with Crippen molar-refractivity contribution in [2.24, 2.45) is 0 Å². The van der Waals surface area contributed by atoms with Crippen LogP contribution in [0.5, 0.6) is 5.88 Å². The van der Waals surface area contributed by atoms with Crippen LogP contribution in [0.3, 0.4) is 0 Å². The van der Waals surface area contributed by atoms with Crippen LogP contribution in [0.4, 0.5) is 5.95 Å². The van der Waals surface area contributed by atoms with Gasteiger partial charge in [-0.15, -0.1) is 0 Å². The van der Waals surface area contributed by atoms with Crippen LogP contribution in [-0.2, 0) is 11.3 Å². The number of fused-ring (bicyclic) bond motifs is 1. The van der Waals surface area contributed by atoms with Gasteiger partial charge in [0, 0.05) is 6.42 Å². The molecule has 0 unspecified atom stereocenters. The van der Waals surface area contributed by atoms with E-state index in [2.05, 4.69) is 15.0 Å². The third-order valence-electron chi connectivity index (χ3n) is 4.32. The zero-order valence-corrected chi connectivity index (χ0v) is 13.9. The second-order valence-electron chi connectivity index (χ2n) is 6.10. The Balaban J connectivity index is 1.63. The van der Waals surface area contributed by atoms with Gasteiger partial charge in [-0.1, -0.05) is 30.3 Å². The van der Waals surface area contributed by atoms with E-state index in [1.165, 1.54) is 0 Å². The second-order valence-corrected chi connectivity index (χ2v) is 6.10. The maximum Gasteiger partial charge on any atom is 0.247 e. The highest BCUT2D eigenvalue weighted by Gasteiger charge is 2.35. The maximum atomic E-state index is 9.95.